The van der Waals surface area contributed by atoms with Gasteiger partial charge >= 0.3 is 0 Å². The summed E-state index contributed by atoms with van der Waals surface area (Å²) in [6.45, 7) is 8.53. The van der Waals surface area contributed by atoms with E-state index in [1.165, 1.54) is 5.56 Å². The number of piperazine rings is 1. The molecule has 1 aliphatic carbocycles. The number of rotatable bonds is 5. The van der Waals surface area contributed by atoms with E-state index in [9.17, 15) is 9.59 Å². The fourth-order valence-electron chi connectivity index (χ4n) is 6.67. The van der Waals surface area contributed by atoms with E-state index in [0.717, 1.165) is 65.1 Å². The maximum absolute atomic E-state index is 14.0. The Balaban J connectivity index is 1.12. The molecule has 1 N–H and O–H groups in total. The SMILES string of the molecule is CC1(C)CC(=O)C2=C(C1)Nc1ccccc1N(CC(=O)N1CCN(Cc3ccc4c(c3)OCO4)CC1)C2c1cccs1. The van der Waals surface area contributed by atoms with Gasteiger partial charge in [0, 0.05) is 55.3 Å². The number of carbonyl (C=O) groups is 2. The third-order valence-electron chi connectivity index (χ3n) is 8.69. The van der Waals surface area contributed by atoms with E-state index < -0.39 is 0 Å². The van der Waals surface area contributed by atoms with Gasteiger partial charge in [-0.1, -0.05) is 38.1 Å². The molecule has 1 aromatic heterocycles. The molecule has 4 heterocycles. The summed E-state index contributed by atoms with van der Waals surface area (Å²) in [7, 11) is 0. The highest BCUT2D eigenvalue weighted by Gasteiger charge is 2.42. The van der Waals surface area contributed by atoms with Crippen molar-refractivity contribution >= 4 is 34.4 Å². The molecular weight excluding hydrogens is 548 g/mol. The Hall–Kier alpha value is -3.82. The molecule has 4 aliphatic rings. The number of ketones is 1. The number of para-hydroxylation sites is 2. The number of nitrogens with zero attached hydrogens (tertiary/aromatic N) is 3. The predicted octanol–water partition coefficient (Wildman–Crippen LogP) is 5.44. The summed E-state index contributed by atoms with van der Waals surface area (Å²) >= 11 is 1.64. The minimum Gasteiger partial charge on any atom is -0.454 e. The first-order valence-electron chi connectivity index (χ1n) is 14.7. The van der Waals surface area contributed by atoms with Crippen molar-refractivity contribution in [3.8, 4) is 11.5 Å². The van der Waals surface area contributed by atoms with Gasteiger partial charge in [0.05, 0.1) is 24.0 Å². The number of carbonyl (C=O) groups excluding carboxylic acids is 2. The lowest BCUT2D eigenvalue weighted by Crippen LogP contribution is -2.51. The average molecular weight is 585 g/mol. The highest BCUT2D eigenvalue weighted by atomic mass is 32.1. The molecule has 2 aromatic carbocycles. The van der Waals surface area contributed by atoms with Crippen LogP contribution in [0.3, 0.4) is 0 Å². The maximum Gasteiger partial charge on any atom is 0.242 e. The molecule has 1 fully saturated rings. The molecular formula is C33H36N4O4S. The predicted molar refractivity (Wildman–Crippen MR) is 164 cm³/mol. The van der Waals surface area contributed by atoms with Gasteiger partial charge in [-0.15, -0.1) is 11.3 Å². The molecule has 3 aromatic rings. The average Bonchev–Trinajstić information content (AvgIpc) is 3.64. The number of anilines is 2. The molecule has 1 atom stereocenters. The summed E-state index contributed by atoms with van der Waals surface area (Å²) in [6.07, 6.45) is 1.29. The minimum atomic E-state index is -0.309. The summed E-state index contributed by atoms with van der Waals surface area (Å²) in [5, 5.41) is 5.69. The van der Waals surface area contributed by atoms with Crippen molar-refractivity contribution in [1.82, 2.24) is 9.80 Å². The topological polar surface area (TPSA) is 74.4 Å². The first-order chi connectivity index (χ1) is 20.3. The fourth-order valence-corrected chi connectivity index (χ4v) is 7.51. The molecule has 42 heavy (non-hydrogen) atoms. The van der Waals surface area contributed by atoms with Crippen LogP contribution >= 0.6 is 11.3 Å². The highest BCUT2D eigenvalue weighted by Crippen LogP contribution is 2.49. The van der Waals surface area contributed by atoms with Gasteiger partial charge in [-0.2, -0.15) is 0 Å². The molecule has 1 amide bonds. The number of benzene rings is 2. The second kappa shape index (κ2) is 10.8. The molecule has 8 nitrogen and oxygen atoms in total. The number of allylic oxidation sites excluding steroid dienone is 1. The number of hydrogen-bond donors (Lipinski definition) is 1. The van der Waals surface area contributed by atoms with Crippen LogP contribution in [0.5, 0.6) is 11.5 Å². The van der Waals surface area contributed by atoms with Gasteiger partial charge < -0.3 is 24.6 Å². The quantitative estimate of drug-likeness (QED) is 0.428. The Bertz CT molecular complexity index is 1540. The second-order valence-corrected chi connectivity index (χ2v) is 13.3. The Morgan fingerprint density at radius 3 is 2.62 bits per heavy atom. The number of nitrogens with one attached hydrogen (secondary N) is 1. The highest BCUT2D eigenvalue weighted by molar-refractivity contribution is 7.10. The normalized spacial score (nSPS) is 21.5. The van der Waals surface area contributed by atoms with E-state index in [1.807, 2.05) is 35.2 Å². The molecule has 0 saturated carbocycles. The van der Waals surface area contributed by atoms with Crippen LogP contribution in [-0.4, -0.2) is 61.0 Å². The fraction of sp³-hybridized carbons (Fsp3) is 0.394. The smallest absolute Gasteiger partial charge is 0.242 e. The Kier molecular flexibility index (Phi) is 6.94. The van der Waals surface area contributed by atoms with Gasteiger partial charge in [-0.3, -0.25) is 14.5 Å². The summed E-state index contributed by atoms with van der Waals surface area (Å²) in [5.41, 5.74) is 4.73. The standard InChI is InChI=1S/C33H36N4O4S/c1-33(2)17-24-31(26(38)18-33)32(29-8-5-15-42-29)37(25-7-4-3-6-23(25)34-24)20-30(39)36-13-11-35(12-14-36)19-22-9-10-27-28(16-22)41-21-40-27/h3-10,15-16,32,34H,11-14,17-21H2,1-2H3. The molecule has 0 spiro atoms. The third-order valence-corrected chi connectivity index (χ3v) is 9.62. The Labute approximate surface area is 250 Å². The molecule has 0 radical (unpaired) electrons. The van der Waals surface area contributed by atoms with Gasteiger partial charge in [0.2, 0.25) is 12.7 Å². The molecule has 218 valence electrons. The number of hydrogen-bond acceptors (Lipinski definition) is 8. The first-order valence-corrected chi connectivity index (χ1v) is 15.5. The van der Waals surface area contributed by atoms with E-state index >= 15 is 0 Å². The van der Waals surface area contributed by atoms with Crippen molar-refractivity contribution in [3.05, 3.63) is 81.7 Å². The van der Waals surface area contributed by atoms with Crippen LogP contribution in [0.2, 0.25) is 0 Å². The van der Waals surface area contributed by atoms with Crippen molar-refractivity contribution in [1.29, 1.82) is 0 Å². The van der Waals surface area contributed by atoms with E-state index in [-0.39, 0.29) is 36.5 Å². The summed E-state index contributed by atoms with van der Waals surface area (Å²) in [6, 6.07) is 18.0. The monoisotopic (exact) mass is 584 g/mol. The number of fused-ring (bicyclic) bond motifs is 2. The molecule has 1 saturated heterocycles. The van der Waals surface area contributed by atoms with Crippen LogP contribution < -0.4 is 19.7 Å². The lowest BCUT2D eigenvalue weighted by molar-refractivity contribution is -0.131. The summed E-state index contributed by atoms with van der Waals surface area (Å²) in [4.78, 5) is 35.3. The number of Topliss-reactive ketones (excluding diaryl/α,β-unsaturated/α-hetero) is 1. The van der Waals surface area contributed by atoms with Crippen molar-refractivity contribution in [2.24, 2.45) is 5.41 Å². The zero-order valence-electron chi connectivity index (χ0n) is 24.1. The van der Waals surface area contributed by atoms with E-state index in [1.54, 1.807) is 11.3 Å². The van der Waals surface area contributed by atoms with E-state index in [0.29, 0.717) is 19.5 Å². The molecule has 9 heteroatoms. The summed E-state index contributed by atoms with van der Waals surface area (Å²) in [5.74, 6) is 1.84. The van der Waals surface area contributed by atoms with Crippen molar-refractivity contribution in [2.75, 3.05) is 49.7 Å². The van der Waals surface area contributed by atoms with Crippen LogP contribution in [0.15, 0.2) is 71.2 Å². The van der Waals surface area contributed by atoms with E-state index in [4.69, 9.17) is 9.47 Å². The maximum atomic E-state index is 14.0. The number of ether oxygens (including phenoxy) is 2. The van der Waals surface area contributed by atoms with Gasteiger partial charge in [0.1, 0.15) is 0 Å². The van der Waals surface area contributed by atoms with Gasteiger partial charge in [0.15, 0.2) is 17.3 Å². The van der Waals surface area contributed by atoms with Crippen LogP contribution in [0.25, 0.3) is 0 Å². The molecule has 1 unspecified atom stereocenters. The Morgan fingerprint density at radius 2 is 1.81 bits per heavy atom. The zero-order valence-corrected chi connectivity index (χ0v) is 24.9. The lowest BCUT2D eigenvalue weighted by atomic mass is 9.74. The molecule has 0 bridgehead atoms. The van der Waals surface area contributed by atoms with Crippen LogP contribution in [0.4, 0.5) is 11.4 Å². The van der Waals surface area contributed by atoms with Crippen LogP contribution in [-0.2, 0) is 16.1 Å². The van der Waals surface area contributed by atoms with Gasteiger partial charge in [0.25, 0.3) is 0 Å². The first kappa shape index (κ1) is 27.0. The van der Waals surface area contributed by atoms with Crippen molar-refractivity contribution in [2.45, 2.75) is 39.3 Å². The minimum absolute atomic E-state index is 0.0849. The second-order valence-electron chi connectivity index (χ2n) is 12.4. The lowest BCUT2D eigenvalue weighted by Gasteiger charge is -2.39. The number of amides is 1. The van der Waals surface area contributed by atoms with Crippen molar-refractivity contribution < 1.29 is 19.1 Å². The Morgan fingerprint density at radius 1 is 1.00 bits per heavy atom. The van der Waals surface area contributed by atoms with Gasteiger partial charge in [-0.25, -0.2) is 0 Å². The molecule has 3 aliphatic heterocycles. The number of thiophene rings is 1. The van der Waals surface area contributed by atoms with Crippen molar-refractivity contribution in [3.63, 3.8) is 0 Å². The largest absolute Gasteiger partial charge is 0.454 e. The summed E-state index contributed by atoms with van der Waals surface area (Å²) < 4.78 is 11.0. The van der Waals surface area contributed by atoms with Crippen LogP contribution in [0, 0.1) is 5.41 Å². The van der Waals surface area contributed by atoms with Gasteiger partial charge in [-0.05, 0) is 53.1 Å². The molecule has 7 rings (SSSR count). The van der Waals surface area contributed by atoms with Crippen LogP contribution in [0.1, 0.15) is 43.2 Å². The van der Waals surface area contributed by atoms with E-state index in [2.05, 4.69) is 58.6 Å². The zero-order chi connectivity index (χ0) is 28.8. The third kappa shape index (κ3) is 5.16.